The molecule has 0 aromatic heterocycles. The first-order valence-corrected chi connectivity index (χ1v) is 4.93. The van der Waals surface area contributed by atoms with Crippen LogP contribution in [0, 0.1) is 0 Å². The maximum Gasteiger partial charge on any atom is 0.0233 e. The second kappa shape index (κ2) is 4.40. The Kier molecular flexibility index (Phi) is 2.95. The molecule has 0 saturated carbocycles. The van der Waals surface area contributed by atoms with Crippen molar-refractivity contribution in [3.8, 4) is 0 Å². The van der Waals surface area contributed by atoms with Crippen LogP contribution in [0.4, 0.5) is 0 Å². The van der Waals surface area contributed by atoms with Gasteiger partial charge in [-0.25, -0.2) is 0 Å². The van der Waals surface area contributed by atoms with Gasteiger partial charge in [0.2, 0.25) is 0 Å². The molecule has 1 unspecified atom stereocenters. The van der Waals surface area contributed by atoms with Crippen molar-refractivity contribution in [3.05, 3.63) is 35.9 Å². The van der Waals surface area contributed by atoms with Crippen molar-refractivity contribution in [1.29, 1.82) is 0 Å². The number of hydrogen-bond donors (Lipinski definition) is 2. The minimum absolute atomic E-state index is 0.608. The first-order chi connectivity index (χ1) is 6.45. The van der Waals surface area contributed by atoms with Crippen molar-refractivity contribution >= 4 is 0 Å². The van der Waals surface area contributed by atoms with Gasteiger partial charge in [-0.3, -0.25) is 0 Å². The summed E-state index contributed by atoms with van der Waals surface area (Å²) in [5, 5.41) is 6.90. The maximum atomic E-state index is 3.51. The lowest BCUT2D eigenvalue weighted by Gasteiger charge is -2.24. The third-order valence-electron chi connectivity index (χ3n) is 2.45. The van der Waals surface area contributed by atoms with E-state index in [1.165, 1.54) is 5.56 Å². The Balaban J connectivity index is 1.90. The molecule has 1 fully saturated rings. The zero-order valence-electron chi connectivity index (χ0n) is 7.79. The van der Waals surface area contributed by atoms with Crippen LogP contribution >= 0.6 is 0 Å². The van der Waals surface area contributed by atoms with Crippen LogP contribution in [0.25, 0.3) is 0 Å². The van der Waals surface area contributed by atoms with Gasteiger partial charge in [0.05, 0.1) is 0 Å². The summed E-state index contributed by atoms with van der Waals surface area (Å²) in [6.45, 7) is 3.29. The smallest absolute Gasteiger partial charge is 0.0233 e. The molecule has 1 aromatic rings. The van der Waals surface area contributed by atoms with E-state index in [2.05, 4.69) is 41.0 Å². The van der Waals surface area contributed by atoms with Crippen molar-refractivity contribution in [2.24, 2.45) is 0 Å². The molecule has 1 heterocycles. The number of piperazine rings is 1. The molecule has 0 radical (unpaired) electrons. The molecule has 1 aliphatic heterocycles. The standard InChI is InChI=1S/C11H16N2/c1-2-4-10(5-3-1)8-11-9-12-6-7-13-11/h1-5,11-13H,6-9H2. The number of hydrogen-bond acceptors (Lipinski definition) is 2. The highest BCUT2D eigenvalue weighted by Gasteiger charge is 2.11. The van der Waals surface area contributed by atoms with Crippen LogP contribution in [-0.4, -0.2) is 25.7 Å². The highest BCUT2D eigenvalue weighted by Crippen LogP contribution is 2.03. The SMILES string of the molecule is c1ccc(CC2CNCCN2)cc1. The summed E-state index contributed by atoms with van der Waals surface area (Å²) in [4.78, 5) is 0. The lowest BCUT2D eigenvalue weighted by Crippen LogP contribution is -2.49. The Morgan fingerprint density at radius 1 is 1.15 bits per heavy atom. The van der Waals surface area contributed by atoms with Gasteiger partial charge in [-0.15, -0.1) is 0 Å². The molecule has 1 aromatic carbocycles. The molecule has 1 saturated heterocycles. The van der Waals surface area contributed by atoms with Gasteiger partial charge in [-0.2, -0.15) is 0 Å². The van der Waals surface area contributed by atoms with Gasteiger partial charge < -0.3 is 10.6 Å². The minimum Gasteiger partial charge on any atom is -0.314 e. The molecule has 0 amide bonds. The molecule has 0 bridgehead atoms. The predicted molar refractivity (Wildman–Crippen MR) is 54.8 cm³/mol. The van der Waals surface area contributed by atoms with Crippen LogP contribution in [0.1, 0.15) is 5.56 Å². The van der Waals surface area contributed by atoms with Gasteiger partial charge in [-0.1, -0.05) is 30.3 Å². The zero-order chi connectivity index (χ0) is 8.93. The van der Waals surface area contributed by atoms with E-state index in [-0.39, 0.29) is 0 Å². The molecule has 0 aliphatic carbocycles. The van der Waals surface area contributed by atoms with Crippen molar-refractivity contribution in [2.75, 3.05) is 19.6 Å². The number of benzene rings is 1. The van der Waals surface area contributed by atoms with E-state index in [0.717, 1.165) is 26.1 Å². The molecule has 2 N–H and O–H groups in total. The van der Waals surface area contributed by atoms with E-state index in [9.17, 15) is 0 Å². The monoisotopic (exact) mass is 176 g/mol. The first-order valence-electron chi connectivity index (χ1n) is 4.93. The Hall–Kier alpha value is -0.860. The Bertz CT molecular complexity index is 240. The quantitative estimate of drug-likeness (QED) is 0.696. The molecule has 0 spiro atoms. The lowest BCUT2D eigenvalue weighted by molar-refractivity contribution is 0.416. The van der Waals surface area contributed by atoms with Crippen molar-refractivity contribution in [2.45, 2.75) is 12.5 Å². The fourth-order valence-corrected chi connectivity index (χ4v) is 1.76. The summed E-state index contributed by atoms with van der Waals surface area (Å²) in [7, 11) is 0. The van der Waals surface area contributed by atoms with Crippen molar-refractivity contribution in [1.82, 2.24) is 10.6 Å². The van der Waals surface area contributed by atoms with E-state index in [4.69, 9.17) is 0 Å². The average Bonchev–Trinajstić information content (AvgIpc) is 2.21. The normalized spacial score (nSPS) is 22.9. The van der Waals surface area contributed by atoms with E-state index < -0.39 is 0 Å². The maximum absolute atomic E-state index is 3.51. The summed E-state index contributed by atoms with van der Waals surface area (Å²) < 4.78 is 0. The zero-order valence-corrected chi connectivity index (χ0v) is 7.79. The fourth-order valence-electron chi connectivity index (χ4n) is 1.76. The summed E-state index contributed by atoms with van der Waals surface area (Å²) >= 11 is 0. The molecule has 2 rings (SSSR count). The number of nitrogens with one attached hydrogen (secondary N) is 2. The Morgan fingerprint density at radius 3 is 2.69 bits per heavy atom. The van der Waals surface area contributed by atoms with Gasteiger partial charge in [0.1, 0.15) is 0 Å². The molecule has 2 heteroatoms. The van der Waals surface area contributed by atoms with Gasteiger partial charge in [0, 0.05) is 25.7 Å². The summed E-state index contributed by atoms with van der Waals surface area (Å²) in [5.74, 6) is 0. The Morgan fingerprint density at radius 2 is 2.00 bits per heavy atom. The molecule has 13 heavy (non-hydrogen) atoms. The van der Waals surface area contributed by atoms with Gasteiger partial charge in [0.15, 0.2) is 0 Å². The summed E-state index contributed by atoms with van der Waals surface area (Å²) in [6.07, 6.45) is 1.13. The largest absolute Gasteiger partial charge is 0.314 e. The predicted octanol–water partition coefficient (Wildman–Crippen LogP) is 0.790. The molecular weight excluding hydrogens is 160 g/mol. The van der Waals surface area contributed by atoms with Crippen LogP contribution in [0.3, 0.4) is 0 Å². The lowest BCUT2D eigenvalue weighted by atomic mass is 10.1. The second-order valence-corrected chi connectivity index (χ2v) is 3.54. The Labute approximate surface area is 79.4 Å². The topological polar surface area (TPSA) is 24.1 Å². The molecule has 70 valence electrons. The molecule has 1 aliphatic rings. The molecule has 2 nitrogen and oxygen atoms in total. The molecule has 1 atom stereocenters. The fraction of sp³-hybridized carbons (Fsp3) is 0.455. The van der Waals surface area contributed by atoms with Crippen LogP contribution in [0.2, 0.25) is 0 Å². The molecular formula is C11H16N2. The minimum atomic E-state index is 0.608. The van der Waals surface area contributed by atoms with Gasteiger partial charge in [-0.05, 0) is 12.0 Å². The van der Waals surface area contributed by atoms with E-state index in [1.54, 1.807) is 0 Å². The average molecular weight is 176 g/mol. The second-order valence-electron chi connectivity index (χ2n) is 3.54. The van der Waals surface area contributed by atoms with Crippen LogP contribution in [0.15, 0.2) is 30.3 Å². The van der Waals surface area contributed by atoms with Crippen molar-refractivity contribution in [3.63, 3.8) is 0 Å². The highest BCUT2D eigenvalue weighted by atomic mass is 15.0. The van der Waals surface area contributed by atoms with E-state index >= 15 is 0 Å². The van der Waals surface area contributed by atoms with Gasteiger partial charge in [0.25, 0.3) is 0 Å². The van der Waals surface area contributed by atoms with Gasteiger partial charge >= 0.3 is 0 Å². The van der Waals surface area contributed by atoms with Crippen molar-refractivity contribution < 1.29 is 0 Å². The first kappa shape index (κ1) is 8.73. The van der Waals surface area contributed by atoms with Crippen LogP contribution < -0.4 is 10.6 Å². The highest BCUT2D eigenvalue weighted by molar-refractivity contribution is 5.16. The van der Waals surface area contributed by atoms with E-state index in [1.807, 2.05) is 0 Å². The van der Waals surface area contributed by atoms with Crippen LogP contribution in [-0.2, 0) is 6.42 Å². The third-order valence-corrected chi connectivity index (χ3v) is 2.45. The summed E-state index contributed by atoms with van der Waals surface area (Å²) in [6, 6.07) is 11.3. The third kappa shape index (κ3) is 2.54. The summed E-state index contributed by atoms with van der Waals surface area (Å²) in [5.41, 5.74) is 1.42. The number of rotatable bonds is 2. The van der Waals surface area contributed by atoms with E-state index in [0.29, 0.717) is 6.04 Å². The van der Waals surface area contributed by atoms with Crippen LogP contribution in [0.5, 0.6) is 0 Å².